The number of hydrogen-bond donors (Lipinski definition) is 1. The SMILES string of the molecule is CC1(C)CCCCC1(CN)N1CCN(CC(F)(F)F)CC1. The molecule has 0 radical (unpaired) electrons. The average Bonchev–Trinajstić information content (AvgIpc) is 2.38. The van der Waals surface area contributed by atoms with Gasteiger partial charge in [-0.3, -0.25) is 9.80 Å². The minimum absolute atomic E-state index is 0.0461. The summed E-state index contributed by atoms with van der Waals surface area (Å²) in [7, 11) is 0. The third-order valence-corrected chi connectivity index (χ3v) is 5.62. The van der Waals surface area contributed by atoms with E-state index in [0.717, 1.165) is 12.8 Å². The van der Waals surface area contributed by atoms with Crippen molar-refractivity contribution >= 4 is 0 Å². The minimum Gasteiger partial charge on any atom is -0.329 e. The summed E-state index contributed by atoms with van der Waals surface area (Å²) < 4.78 is 37.4. The predicted molar refractivity (Wildman–Crippen MR) is 78.1 cm³/mol. The molecule has 1 saturated heterocycles. The lowest BCUT2D eigenvalue weighted by Crippen LogP contribution is -2.67. The second kappa shape index (κ2) is 6.05. The van der Waals surface area contributed by atoms with Gasteiger partial charge in [-0.05, 0) is 18.3 Å². The number of hydrogen-bond acceptors (Lipinski definition) is 3. The monoisotopic (exact) mass is 307 g/mol. The summed E-state index contributed by atoms with van der Waals surface area (Å²) in [5, 5.41) is 0. The maximum Gasteiger partial charge on any atom is 0.401 e. The third-order valence-electron chi connectivity index (χ3n) is 5.62. The second-order valence-electron chi connectivity index (χ2n) is 7.21. The highest BCUT2D eigenvalue weighted by atomic mass is 19.4. The van der Waals surface area contributed by atoms with Crippen LogP contribution in [0.15, 0.2) is 0 Å². The van der Waals surface area contributed by atoms with Crippen molar-refractivity contribution in [3.63, 3.8) is 0 Å². The number of nitrogens with two attached hydrogens (primary N) is 1. The fourth-order valence-electron chi connectivity index (χ4n) is 4.24. The maximum absolute atomic E-state index is 12.5. The van der Waals surface area contributed by atoms with Crippen LogP contribution in [0.25, 0.3) is 0 Å². The van der Waals surface area contributed by atoms with Crippen molar-refractivity contribution in [2.75, 3.05) is 39.3 Å². The molecule has 1 saturated carbocycles. The van der Waals surface area contributed by atoms with Crippen LogP contribution in [0.2, 0.25) is 0 Å². The molecule has 3 nitrogen and oxygen atoms in total. The summed E-state index contributed by atoms with van der Waals surface area (Å²) in [6.45, 7) is 6.68. The van der Waals surface area contributed by atoms with Gasteiger partial charge in [0.1, 0.15) is 0 Å². The molecule has 1 aliphatic carbocycles. The first-order chi connectivity index (χ1) is 9.70. The first kappa shape index (κ1) is 17.0. The number of piperazine rings is 1. The standard InChI is InChI=1S/C15H28F3N3/c1-13(2)5-3-4-6-14(13,11-19)21-9-7-20(8-10-21)12-15(16,17)18/h3-12,19H2,1-2H3. The summed E-state index contributed by atoms with van der Waals surface area (Å²) in [5.74, 6) is 0. The van der Waals surface area contributed by atoms with E-state index in [4.69, 9.17) is 5.73 Å². The van der Waals surface area contributed by atoms with Gasteiger partial charge in [0, 0.05) is 38.3 Å². The molecule has 1 atom stereocenters. The van der Waals surface area contributed by atoms with E-state index in [1.165, 1.54) is 17.7 Å². The molecule has 1 heterocycles. The highest BCUT2D eigenvalue weighted by Gasteiger charge is 2.50. The quantitative estimate of drug-likeness (QED) is 0.869. The lowest BCUT2D eigenvalue weighted by atomic mass is 9.62. The Morgan fingerprint density at radius 3 is 2.05 bits per heavy atom. The van der Waals surface area contributed by atoms with Crippen molar-refractivity contribution < 1.29 is 13.2 Å². The molecule has 0 aromatic heterocycles. The number of nitrogens with zero attached hydrogens (tertiary/aromatic N) is 2. The molecule has 2 fully saturated rings. The number of rotatable bonds is 3. The lowest BCUT2D eigenvalue weighted by Gasteiger charge is -2.57. The van der Waals surface area contributed by atoms with E-state index in [0.29, 0.717) is 32.7 Å². The molecule has 0 bridgehead atoms. The van der Waals surface area contributed by atoms with Gasteiger partial charge in [0.15, 0.2) is 0 Å². The fourth-order valence-corrected chi connectivity index (χ4v) is 4.24. The van der Waals surface area contributed by atoms with Crippen molar-refractivity contribution in [1.82, 2.24) is 9.80 Å². The van der Waals surface area contributed by atoms with E-state index >= 15 is 0 Å². The number of halogens is 3. The Morgan fingerprint density at radius 2 is 1.57 bits per heavy atom. The molecule has 1 aliphatic heterocycles. The van der Waals surface area contributed by atoms with Gasteiger partial charge in [-0.15, -0.1) is 0 Å². The lowest BCUT2D eigenvalue weighted by molar-refractivity contribution is -0.154. The molecular formula is C15H28F3N3. The highest BCUT2D eigenvalue weighted by molar-refractivity contribution is 5.06. The van der Waals surface area contributed by atoms with Gasteiger partial charge < -0.3 is 5.73 Å². The van der Waals surface area contributed by atoms with Crippen molar-refractivity contribution in [2.45, 2.75) is 51.2 Å². The van der Waals surface area contributed by atoms with E-state index in [2.05, 4.69) is 18.7 Å². The van der Waals surface area contributed by atoms with Crippen molar-refractivity contribution in [3.05, 3.63) is 0 Å². The Hall–Kier alpha value is -0.330. The topological polar surface area (TPSA) is 32.5 Å². The van der Waals surface area contributed by atoms with Crippen molar-refractivity contribution in [1.29, 1.82) is 0 Å². The van der Waals surface area contributed by atoms with Crippen LogP contribution in [0.1, 0.15) is 39.5 Å². The van der Waals surface area contributed by atoms with Crippen molar-refractivity contribution in [2.24, 2.45) is 11.1 Å². The molecular weight excluding hydrogens is 279 g/mol. The summed E-state index contributed by atoms with van der Waals surface area (Å²) >= 11 is 0. The summed E-state index contributed by atoms with van der Waals surface area (Å²) in [6, 6.07) is 0. The molecule has 1 unspecified atom stereocenters. The van der Waals surface area contributed by atoms with Gasteiger partial charge in [-0.25, -0.2) is 0 Å². The Balaban J connectivity index is 2.02. The van der Waals surface area contributed by atoms with Crippen LogP contribution in [-0.2, 0) is 0 Å². The average molecular weight is 307 g/mol. The zero-order valence-corrected chi connectivity index (χ0v) is 13.2. The van der Waals surface area contributed by atoms with E-state index in [-0.39, 0.29) is 11.0 Å². The van der Waals surface area contributed by atoms with Crippen LogP contribution < -0.4 is 5.73 Å². The van der Waals surface area contributed by atoms with Crippen LogP contribution in [0.4, 0.5) is 13.2 Å². The van der Waals surface area contributed by atoms with E-state index in [1.54, 1.807) is 0 Å². The Morgan fingerprint density at radius 1 is 1.00 bits per heavy atom. The van der Waals surface area contributed by atoms with Crippen LogP contribution >= 0.6 is 0 Å². The van der Waals surface area contributed by atoms with Crippen LogP contribution in [0, 0.1) is 5.41 Å². The third kappa shape index (κ3) is 3.54. The molecule has 2 N–H and O–H groups in total. The molecule has 21 heavy (non-hydrogen) atoms. The van der Waals surface area contributed by atoms with Gasteiger partial charge in [0.2, 0.25) is 0 Å². The molecule has 0 spiro atoms. The largest absolute Gasteiger partial charge is 0.401 e. The van der Waals surface area contributed by atoms with Gasteiger partial charge in [-0.2, -0.15) is 13.2 Å². The van der Waals surface area contributed by atoms with Crippen LogP contribution in [0.3, 0.4) is 0 Å². The van der Waals surface area contributed by atoms with Gasteiger partial charge >= 0.3 is 6.18 Å². The van der Waals surface area contributed by atoms with E-state index in [1.807, 2.05) is 0 Å². The van der Waals surface area contributed by atoms with Crippen LogP contribution in [-0.4, -0.2) is 60.8 Å². The number of alkyl halides is 3. The first-order valence-electron chi connectivity index (χ1n) is 7.94. The molecule has 2 aliphatic rings. The molecule has 2 rings (SSSR count). The summed E-state index contributed by atoms with van der Waals surface area (Å²) in [4.78, 5) is 3.88. The fraction of sp³-hybridized carbons (Fsp3) is 1.00. The highest BCUT2D eigenvalue weighted by Crippen LogP contribution is 2.47. The summed E-state index contributed by atoms with van der Waals surface area (Å²) in [6.07, 6.45) is 0.507. The van der Waals surface area contributed by atoms with Gasteiger partial charge in [0.05, 0.1) is 6.54 Å². The smallest absolute Gasteiger partial charge is 0.329 e. The van der Waals surface area contributed by atoms with Crippen LogP contribution in [0.5, 0.6) is 0 Å². The molecule has 0 aromatic rings. The molecule has 0 aromatic carbocycles. The second-order valence-corrected chi connectivity index (χ2v) is 7.21. The first-order valence-corrected chi connectivity index (χ1v) is 7.94. The van der Waals surface area contributed by atoms with Gasteiger partial charge in [0.25, 0.3) is 0 Å². The molecule has 124 valence electrons. The Kier molecular flexibility index (Phi) is 4.90. The normalized spacial score (nSPS) is 32.3. The Bertz CT molecular complexity index is 349. The molecule has 6 heteroatoms. The Labute approximate surface area is 125 Å². The zero-order valence-electron chi connectivity index (χ0n) is 13.2. The molecule has 0 amide bonds. The minimum atomic E-state index is -4.10. The van der Waals surface area contributed by atoms with E-state index in [9.17, 15) is 13.2 Å². The predicted octanol–water partition coefficient (Wildman–Crippen LogP) is 2.46. The van der Waals surface area contributed by atoms with Gasteiger partial charge in [-0.1, -0.05) is 26.7 Å². The zero-order chi connectivity index (χ0) is 15.7. The maximum atomic E-state index is 12.5. The van der Waals surface area contributed by atoms with E-state index < -0.39 is 12.7 Å². The summed E-state index contributed by atoms with van der Waals surface area (Å²) in [5.41, 5.74) is 6.23. The van der Waals surface area contributed by atoms with Crippen molar-refractivity contribution in [3.8, 4) is 0 Å².